The number of ether oxygens (including phenoxy) is 1. The molecule has 0 bridgehead atoms. The number of allylic oxidation sites excluding steroid dienone is 4. The number of hydrogen-bond acceptors (Lipinski definition) is 3. The first-order valence-electron chi connectivity index (χ1n) is 7.27. The highest BCUT2D eigenvalue weighted by molar-refractivity contribution is 8.12. The molecule has 0 amide bonds. The van der Waals surface area contributed by atoms with E-state index in [1.807, 2.05) is 66.7 Å². The van der Waals surface area contributed by atoms with E-state index in [0.29, 0.717) is 5.57 Å². The van der Waals surface area contributed by atoms with E-state index in [9.17, 15) is 4.79 Å². The first kappa shape index (κ1) is 15.4. The summed E-state index contributed by atoms with van der Waals surface area (Å²) in [6, 6.07) is 17.7. The van der Waals surface area contributed by atoms with Crippen molar-refractivity contribution in [2.24, 2.45) is 0 Å². The van der Waals surface area contributed by atoms with Crippen molar-refractivity contribution in [3.05, 3.63) is 88.9 Å². The number of hydrogen-bond donors (Lipinski definition) is 0. The minimum Gasteiger partial charge on any atom is -0.497 e. The van der Waals surface area contributed by atoms with Gasteiger partial charge in [-0.15, -0.1) is 0 Å². The number of aldehydes is 1. The molecule has 0 aliphatic carbocycles. The van der Waals surface area contributed by atoms with Gasteiger partial charge in [0.15, 0.2) is 6.29 Å². The molecule has 0 fully saturated rings. The molecule has 3 heteroatoms. The van der Waals surface area contributed by atoms with Gasteiger partial charge in [0.2, 0.25) is 0 Å². The van der Waals surface area contributed by atoms with E-state index in [2.05, 4.69) is 6.08 Å². The lowest BCUT2D eigenvalue weighted by Crippen LogP contribution is -1.92. The predicted molar refractivity (Wildman–Crippen MR) is 97.1 cm³/mol. The van der Waals surface area contributed by atoms with E-state index in [4.69, 9.17) is 4.74 Å². The fourth-order valence-corrected chi connectivity index (χ4v) is 3.41. The summed E-state index contributed by atoms with van der Waals surface area (Å²) in [7, 11) is 1.66. The summed E-state index contributed by atoms with van der Waals surface area (Å²) < 4.78 is 5.20. The molecule has 3 rings (SSSR count). The summed E-state index contributed by atoms with van der Waals surface area (Å²) in [4.78, 5) is 13.7. The Hall–Kier alpha value is -2.52. The number of benzene rings is 2. The smallest absolute Gasteiger partial charge is 0.151 e. The minimum absolute atomic E-state index is 0.714. The summed E-state index contributed by atoms with van der Waals surface area (Å²) in [6.45, 7) is 0. The lowest BCUT2D eigenvalue weighted by atomic mass is 10.1. The van der Waals surface area contributed by atoms with Crippen LogP contribution >= 0.6 is 11.8 Å². The SMILES string of the molecule is COc1ccc(C2=CC=C/C(=C(\C=O)c3ccccc3)S2)cc1. The molecule has 1 aliphatic heterocycles. The molecule has 2 nitrogen and oxygen atoms in total. The number of methoxy groups -OCH3 is 1. The standard InChI is InChI=1S/C20H16O2S/c1-22-17-12-10-16(11-13-17)19-8-5-9-20(23-19)18(14-21)15-6-3-2-4-7-15/h2-14H,1H3/b20-18-. The van der Waals surface area contributed by atoms with Crippen molar-refractivity contribution >= 4 is 28.5 Å². The van der Waals surface area contributed by atoms with Crippen LogP contribution in [0.25, 0.3) is 10.5 Å². The average molecular weight is 320 g/mol. The van der Waals surface area contributed by atoms with Crippen LogP contribution in [-0.2, 0) is 4.79 Å². The number of carbonyl (C=O) groups excluding carboxylic acids is 1. The molecule has 1 heterocycles. The summed E-state index contributed by atoms with van der Waals surface area (Å²) in [5, 5.41) is 0. The summed E-state index contributed by atoms with van der Waals surface area (Å²) in [5.41, 5.74) is 2.76. The third kappa shape index (κ3) is 3.46. The molecular weight excluding hydrogens is 304 g/mol. The van der Waals surface area contributed by atoms with Crippen LogP contribution in [-0.4, -0.2) is 13.4 Å². The van der Waals surface area contributed by atoms with Crippen molar-refractivity contribution in [2.75, 3.05) is 7.11 Å². The number of rotatable bonds is 4. The Morgan fingerprint density at radius 2 is 1.78 bits per heavy atom. The zero-order valence-corrected chi connectivity index (χ0v) is 13.5. The fraction of sp³-hybridized carbons (Fsp3) is 0.0500. The van der Waals surface area contributed by atoms with Gasteiger partial charge in [0.1, 0.15) is 5.75 Å². The molecule has 2 aromatic carbocycles. The van der Waals surface area contributed by atoms with E-state index in [1.54, 1.807) is 18.9 Å². The highest BCUT2D eigenvalue weighted by Gasteiger charge is 2.13. The fourth-order valence-electron chi connectivity index (χ4n) is 2.35. The second-order valence-corrected chi connectivity index (χ2v) is 6.07. The van der Waals surface area contributed by atoms with Crippen molar-refractivity contribution in [3.8, 4) is 5.75 Å². The van der Waals surface area contributed by atoms with E-state index >= 15 is 0 Å². The van der Waals surface area contributed by atoms with E-state index in [-0.39, 0.29) is 0 Å². The van der Waals surface area contributed by atoms with Gasteiger partial charge in [-0.2, -0.15) is 0 Å². The Labute approximate surface area is 140 Å². The summed E-state index contributed by atoms with van der Waals surface area (Å²) in [6.07, 6.45) is 6.95. The molecule has 1 aliphatic rings. The molecule has 0 saturated heterocycles. The first-order chi connectivity index (χ1) is 11.3. The number of thioether (sulfide) groups is 1. The van der Waals surface area contributed by atoms with Crippen molar-refractivity contribution < 1.29 is 9.53 Å². The van der Waals surface area contributed by atoms with Gasteiger partial charge >= 0.3 is 0 Å². The largest absolute Gasteiger partial charge is 0.497 e. The molecule has 0 saturated carbocycles. The van der Waals surface area contributed by atoms with Crippen LogP contribution < -0.4 is 4.74 Å². The Morgan fingerprint density at radius 1 is 1.04 bits per heavy atom. The Balaban J connectivity index is 1.93. The van der Waals surface area contributed by atoms with E-state index < -0.39 is 0 Å². The van der Waals surface area contributed by atoms with Crippen LogP contribution in [0, 0.1) is 0 Å². The second-order valence-electron chi connectivity index (χ2n) is 4.98. The van der Waals surface area contributed by atoms with E-state index in [1.165, 1.54) is 0 Å². The van der Waals surface area contributed by atoms with Gasteiger partial charge in [-0.05, 0) is 35.4 Å². The second kappa shape index (κ2) is 7.16. The third-order valence-electron chi connectivity index (χ3n) is 3.56. The summed E-state index contributed by atoms with van der Waals surface area (Å²) in [5.74, 6) is 0.833. The van der Waals surface area contributed by atoms with Crippen LogP contribution in [0.1, 0.15) is 11.1 Å². The van der Waals surface area contributed by atoms with Crippen LogP contribution in [0.2, 0.25) is 0 Å². The maximum atomic E-state index is 11.6. The molecular formula is C20H16O2S. The molecule has 0 unspecified atom stereocenters. The molecule has 0 spiro atoms. The van der Waals surface area contributed by atoms with Gasteiger partial charge in [-0.3, -0.25) is 4.79 Å². The first-order valence-corrected chi connectivity index (χ1v) is 8.09. The topological polar surface area (TPSA) is 26.3 Å². The Morgan fingerprint density at radius 3 is 2.43 bits per heavy atom. The maximum absolute atomic E-state index is 11.6. The highest BCUT2D eigenvalue weighted by Crippen LogP contribution is 2.40. The molecule has 0 N–H and O–H groups in total. The maximum Gasteiger partial charge on any atom is 0.151 e. The molecule has 23 heavy (non-hydrogen) atoms. The van der Waals surface area contributed by atoms with Gasteiger partial charge < -0.3 is 4.74 Å². The van der Waals surface area contributed by atoms with Crippen molar-refractivity contribution in [1.29, 1.82) is 0 Å². The lowest BCUT2D eigenvalue weighted by molar-refractivity contribution is -0.103. The number of carbonyl (C=O) groups is 1. The summed E-state index contributed by atoms with van der Waals surface area (Å²) >= 11 is 1.61. The zero-order chi connectivity index (χ0) is 16.1. The van der Waals surface area contributed by atoms with Crippen LogP contribution in [0.3, 0.4) is 0 Å². The molecule has 0 radical (unpaired) electrons. The minimum atomic E-state index is 0.714. The van der Waals surface area contributed by atoms with Crippen molar-refractivity contribution in [3.63, 3.8) is 0 Å². The Bertz CT molecular complexity index is 784. The van der Waals surface area contributed by atoms with Crippen LogP contribution in [0.5, 0.6) is 5.75 Å². The molecule has 114 valence electrons. The van der Waals surface area contributed by atoms with Crippen molar-refractivity contribution in [2.45, 2.75) is 0 Å². The monoisotopic (exact) mass is 320 g/mol. The van der Waals surface area contributed by atoms with Crippen LogP contribution in [0.4, 0.5) is 0 Å². The average Bonchev–Trinajstić information content (AvgIpc) is 2.64. The third-order valence-corrected chi connectivity index (χ3v) is 4.73. The van der Waals surface area contributed by atoms with Gasteiger partial charge in [-0.1, -0.05) is 60.3 Å². The highest BCUT2D eigenvalue weighted by atomic mass is 32.2. The molecule has 0 aromatic heterocycles. The molecule has 2 aromatic rings. The van der Waals surface area contributed by atoms with Crippen LogP contribution in [0.15, 0.2) is 77.7 Å². The normalized spacial score (nSPS) is 15.8. The van der Waals surface area contributed by atoms with E-state index in [0.717, 1.165) is 33.0 Å². The van der Waals surface area contributed by atoms with Gasteiger partial charge in [-0.25, -0.2) is 0 Å². The van der Waals surface area contributed by atoms with Gasteiger partial charge in [0.25, 0.3) is 0 Å². The molecule has 0 atom stereocenters. The lowest BCUT2D eigenvalue weighted by Gasteiger charge is -2.14. The van der Waals surface area contributed by atoms with Gasteiger partial charge in [0.05, 0.1) is 7.11 Å². The van der Waals surface area contributed by atoms with Crippen molar-refractivity contribution in [1.82, 2.24) is 0 Å². The van der Waals surface area contributed by atoms with Gasteiger partial charge in [0, 0.05) is 15.4 Å². The Kier molecular flexibility index (Phi) is 4.79. The zero-order valence-electron chi connectivity index (χ0n) is 12.7. The predicted octanol–water partition coefficient (Wildman–Crippen LogP) is 4.95. The quantitative estimate of drug-likeness (QED) is 0.589.